The highest BCUT2D eigenvalue weighted by molar-refractivity contribution is 6.74. The van der Waals surface area contributed by atoms with E-state index in [1.54, 1.807) is 0 Å². The maximum Gasteiger partial charge on any atom is 0.331 e. The lowest BCUT2D eigenvalue weighted by atomic mass is 10.1. The standard InChI is InChI=1S/C22H30O4Si/c1-22(2,3)27(4,5)26-20(21(23)24)15-17-11-13-19(14-12-17)25-16-18-9-7-6-8-10-18/h6-14,20H,15-16H2,1-5H3,(H,23,24). The molecular weight excluding hydrogens is 356 g/mol. The van der Waals surface area contributed by atoms with E-state index in [0.29, 0.717) is 13.0 Å². The Morgan fingerprint density at radius 1 is 1.00 bits per heavy atom. The van der Waals surface area contributed by atoms with Gasteiger partial charge in [-0.2, -0.15) is 0 Å². The predicted octanol–water partition coefficient (Wildman–Crippen LogP) is 5.28. The first-order chi connectivity index (χ1) is 12.6. The fraction of sp³-hybridized carbons (Fsp3) is 0.409. The Kier molecular flexibility index (Phi) is 6.84. The van der Waals surface area contributed by atoms with Gasteiger partial charge in [-0.25, -0.2) is 4.79 Å². The number of carboxylic acid groups (broad SMARTS) is 1. The average Bonchev–Trinajstić information content (AvgIpc) is 2.60. The third kappa shape index (κ3) is 6.22. The molecule has 27 heavy (non-hydrogen) atoms. The van der Waals surface area contributed by atoms with Crippen molar-refractivity contribution in [2.24, 2.45) is 0 Å². The summed E-state index contributed by atoms with van der Waals surface area (Å²) >= 11 is 0. The summed E-state index contributed by atoms with van der Waals surface area (Å²) in [5.41, 5.74) is 2.03. The second kappa shape index (κ2) is 8.72. The van der Waals surface area contributed by atoms with Crippen LogP contribution >= 0.6 is 0 Å². The second-order valence-corrected chi connectivity index (χ2v) is 13.1. The number of benzene rings is 2. The Morgan fingerprint density at radius 2 is 1.59 bits per heavy atom. The van der Waals surface area contributed by atoms with Gasteiger partial charge in [-0.15, -0.1) is 0 Å². The highest BCUT2D eigenvalue weighted by atomic mass is 28.4. The van der Waals surface area contributed by atoms with E-state index in [1.807, 2.05) is 54.6 Å². The van der Waals surface area contributed by atoms with Crippen LogP contribution in [0.2, 0.25) is 18.1 Å². The third-order valence-electron chi connectivity index (χ3n) is 5.11. The van der Waals surface area contributed by atoms with E-state index >= 15 is 0 Å². The topological polar surface area (TPSA) is 55.8 Å². The number of aliphatic carboxylic acids is 1. The molecule has 0 fully saturated rings. The lowest BCUT2D eigenvalue weighted by molar-refractivity contribution is -0.145. The molecule has 0 aliphatic rings. The molecule has 0 amide bonds. The Labute approximate surface area is 163 Å². The van der Waals surface area contributed by atoms with E-state index < -0.39 is 20.4 Å². The zero-order valence-electron chi connectivity index (χ0n) is 16.9. The van der Waals surface area contributed by atoms with Gasteiger partial charge in [0.05, 0.1) is 0 Å². The monoisotopic (exact) mass is 386 g/mol. The normalized spacial score (nSPS) is 13.2. The van der Waals surface area contributed by atoms with Crippen LogP contribution in [0.15, 0.2) is 54.6 Å². The summed E-state index contributed by atoms with van der Waals surface area (Å²) < 4.78 is 11.9. The van der Waals surface area contributed by atoms with Gasteiger partial charge in [0.15, 0.2) is 8.32 Å². The van der Waals surface area contributed by atoms with Gasteiger partial charge in [-0.3, -0.25) is 0 Å². The van der Waals surface area contributed by atoms with Crippen molar-refractivity contribution in [3.8, 4) is 5.75 Å². The first-order valence-electron chi connectivity index (χ1n) is 9.25. The first kappa shape index (κ1) is 21.2. The molecule has 2 aromatic rings. The quantitative estimate of drug-likeness (QED) is 0.627. The molecule has 0 aliphatic carbocycles. The van der Waals surface area contributed by atoms with Crippen molar-refractivity contribution in [3.05, 3.63) is 65.7 Å². The Bertz CT molecular complexity index is 733. The molecule has 0 saturated carbocycles. The largest absolute Gasteiger partial charge is 0.489 e. The molecule has 1 N–H and O–H groups in total. The Morgan fingerprint density at radius 3 is 2.11 bits per heavy atom. The molecule has 0 aromatic heterocycles. The first-order valence-corrected chi connectivity index (χ1v) is 12.2. The summed E-state index contributed by atoms with van der Waals surface area (Å²) in [5, 5.41) is 9.57. The number of rotatable bonds is 8. The molecule has 2 rings (SSSR count). The Hall–Kier alpha value is -2.11. The molecule has 0 bridgehead atoms. The maximum absolute atomic E-state index is 11.7. The van der Waals surface area contributed by atoms with Gasteiger partial charge in [0.1, 0.15) is 18.5 Å². The van der Waals surface area contributed by atoms with Crippen LogP contribution in [0.4, 0.5) is 0 Å². The molecule has 0 heterocycles. The number of carboxylic acids is 1. The zero-order valence-corrected chi connectivity index (χ0v) is 17.9. The van der Waals surface area contributed by atoms with Gasteiger partial charge in [0.2, 0.25) is 0 Å². The summed E-state index contributed by atoms with van der Waals surface area (Å²) in [5.74, 6) is -0.149. The van der Waals surface area contributed by atoms with Crippen molar-refractivity contribution >= 4 is 14.3 Å². The highest BCUT2D eigenvalue weighted by Gasteiger charge is 2.40. The summed E-state index contributed by atoms with van der Waals surface area (Å²) in [6, 6.07) is 17.5. The van der Waals surface area contributed by atoms with E-state index in [2.05, 4.69) is 33.9 Å². The zero-order chi connectivity index (χ0) is 20.1. The fourth-order valence-electron chi connectivity index (χ4n) is 2.39. The van der Waals surface area contributed by atoms with Gasteiger partial charge in [-0.05, 0) is 41.4 Å². The molecule has 4 nitrogen and oxygen atoms in total. The number of hydrogen-bond acceptors (Lipinski definition) is 3. The lowest BCUT2D eigenvalue weighted by Gasteiger charge is -2.38. The fourth-order valence-corrected chi connectivity index (χ4v) is 3.64. The van der Waals surface area contributed by atoms with Crippen molar-refractivity contribution in [2.45, 2.75) is 58.0 Å². The molecule has 5 heteroatoms. The van der Waals surface area contributed by atoms with Gasteiger partial charge in [-0.1, -0.05) is 63.2 Å². The summed E-state index contributed by atoms with van der Waals surface area (Å²) in [7, 11) is -2.15. The summed E-state index contributed by atoms with van der Waals surface area (Å²) in [6.07, 6.45) is -0.483. The van der Waals surface area contributed by atoms with Gasteiger partial charge in [0, 0.05) is 6.42 Å². The van der Waals surface area contributed by atoms with Crippen LogP contribution in [0.1, 0.15) is 31.9 Å². The SMILES string of the molecule is CC(C)(C)[Si](C)(C)OC(Cc1ccc(OCc2ccccc2)cc1)C(=O)O. The van der Waals surface area contributed by atoms with E-state index in [0.717, 1.165) is 16.9 Å². The van der Waals surface area contributed by atoms with Gasteiger partial charge < -0.3 is 14.3 Å². The van der Waals surface area contributed by atoms with Crippen molar-refractivity contribution in [3.63, 3.8) is 0 Å². The molecule has 1 unspecified atom stereocenters. The van der Waals surface area contributed by atoms with Crippen LogP contribution in [0, 0.1) is 0 Å². The van der Waals surface area contributed by atoms with E-state index in [-0.39, 0.29) is 5.04 Å². The second-order valence-electron chi connectivity index (χ2n) is 8.33. The van der Waals surface area contributed by atoms with Gasteiger partial charge >= 0.3 is 5.97 Å². The van der Waals surface area contributed by atoms with Crippen LogP contribution < -0.4 is 4.74 Å². The van der Waals surface area contributed by atoms with Crippen molar-refractivity contribution in [1.82, 2.24) is 0 Å². The van der Waals surface area contributed by atoms with E-state index in [1.165, 1.54) is 0 Å². The summed E-state index contributed by atoms with van der Waals surface area (Å²) in [6.45, 7) is 11.0. The van der Waals surface area contributed by atoms with Crippen LogP contribution in [0.5, 0.6) is 5.75 Å². The number of carbonyl (C=O) groups is 1. The maximum atomic E-state index is 11.7. The molecule has 0 radical (unpaired) electrons. The average molecular weight is 387 g/mol. The molecule has 0 saturated heterocycles. The summed E-state index contributed by atoms with van der Waals surface area (Å²) in [4.78, 5) is 11.7. The number of ether oxygens (including phenoxy) is 1. The lowest BCUT2D eigenvalue weighted by Crippen LogP contribution is -2.46. The molecular formula is C22H30O4Si. The number of hydrogen-bond donors (Lipinski definition) is 1. The van der Waals surface area contributed by atoms with Crippen molar-refractivity contribution in [1.29, 1.82) is 0 Å². The molecule has 0 aliphatic heterocycles. The van der Waals surface area contributed by atoms with E-state index in [9.17, 15) is 9.90 Å². The minimum absolute atomic E-state index is 0.0319. The van der Waals surface area contributed by atoms with Crippen molar-refractivity contribution < 1.29 is 19.1 Å². The predicted molar refractivity (Wildman–Crippen MR) is 111 cm³/mol. The van der Waals surface area contributed by atoms with Crippen LogP contribution in [0.3, 0.4) is 0 Å². The Balaban J connectivity index is 1.99. The van der Waals surface area contributed by atoms with Crippen LogP contribution in [-0.4, -0.2) is 25.5 Å². The van der Waals surface area contributed by atoms with Crippen molar-refractivity contribution in [2.75, 3.05) is 0 Å². The molecule has 0 spiro atoms. The van der Waals surface area contributed by atoms with E-state index in [4.69, 9.17) is 9.16 Å². The third-order valence-corrected chi connectivity index (χ3v) is 9.60. The minimum Gasteiger partial charge on any atom is -0.489 e. The molecule has 1 atom stereocenters. The minimum atomic E-state index is -2.15. The van der Waals surface area contributed by atoms with Crippen LogP contribution in [-0.2, 0) is 22.2 Å². The molecule has 2 aromatic carbocycles. The highest BCUT2D eigenvalue weighted by Crippen LogP contribution is 2.37. The van der Waals surface area contributed by atoms with Crippen LogP contribution in [0.25, 0.3) is 0 Å². The van der Waals surface area contributed by atoms with Gasteiger partial charge in [0.25, 0.3) is 0 Å². The molecule has 146 valence electrons. The smallest absolute Gasteiger partial charge is 0.331 e.